The number of halogens is 2. The maximum Gasteiger partial charge on any atom is 1.00 e. The van der Waals surface area contributed by atoms with E-state index in [0.717, 1.165) is 0 Å². The van der Waals surface area contributed by atoms with Crippen molar-refractivity contribution in [3.05, 3.63) is 24.2 Å². The summed E-state index contributed by atoms with van der Waals surface area (Å²) < 4.78 is 31.2. The van der Waals surface area contributed by atoms with Crippen LogP contribution in [0.3, 0.4) is 0 Å². The zero-order chi connectivity index (χ0) is 15.2. The van der Waals surface area contributed by atoms with Gasteiger partial charge in [0.1, 0.15) is 12.2 Å². The number of carbonyl (C=O) groups excluding carboxylic acids is 2. The molecule has 0 aromatic rings. The van der Waals surface area contributed by atoms with Crippen LogP contribution >= 0.6 is 0 Å². The molecule has 0 saturated carbocycles. The second-order valence-corrected chi connectivity index (χ2v) is 4.66. The van der Waals surface area contributed by atoms with Crippen molar-refractivity contribution in [1.82, 2.24) is 14.9 Å². The first-order valence-corrected chi connectivity index (χ1v) is 6.00. The van der Waals surface area contributed by atoms with Crippen molar-refractivity contribution in [2.75, 3.05) is 19.8 Å². The summed E-state index contributed by atoms with van der Waals surface area (Å²) in [5.41, 5.74) is 0.677. The van der Waals surface area contributed by atoms with Gasteiger partial charge in [-0.05, 0) is 6.08 Å². The van der Waals surface area contributed by atoms with E-state index in [1.54, 1.807) is 17.2 Å². The van der Waals surface area contributed by atoms with E-state index < -0.39 is 24.2 Å². The van der Waals surface area contributed by atoms with Gasteiger partial charge in [-0.25, -0.2) is 4.79 Å². The van der Waals surface area contributed by atoms with Crippen molar-refractivity contribution in [3.8, 4) is 0 Å². The van der Waals surface area contributed by atoms with E-state index in [1.807, 2.05) is 0 Å². The Kier molecular flexibility index (Phi) is 4.37. The van der Waals surface area contributed by atoms with Crippen molar-refractivity contribution < 1.29 is 51.9 Å². The van der Waals surface area contributed by atoms with Crippen LogP contribution in [0.4, 0.5) is 13.6 Å². The normalized spacial score (nSPS) is 23.4. The number of carboxylic acid groups (broad SMARTS) is 1. The van der Waals surface area contributed by atoms with Gasteiger partial charge in [0, 0.05) is 18.4 Å². The summed E-state index contributed by atoms with van der Waals surface area (Å²) in [6.07, 6.45) is 0.0981. The minimum atomic E-state index is -4.57. The summed E-state index contributed by atoms with van der Waals surface area (Å²) in [6, 6.07) is -1.63. The Hall–Kier alpha value is -1.76. The second kappa shape index (κ2) is 5.79. The van der Waals surface area contributed by atoms with Crippen LogP contribution in [-0.4, -0.2) is 58.8 Å². The first-order valence-electron chi connectivity index (χ1n) is 6.00. The number of aliphatic carboxylic acids is 1. The SMILES string of the molecule is O=C1N2CC(N3C=COC3)=CC(C2)N1OC(F)(F)C(=O)[O-].[Li+]. The van der Waals surface area contributed by atoms with Crippen molar-refractivity contribution in [2.45, 2.75) is 12.2 Å². The predicted molar refractivity (Wildman–Crippen MR) is 58.6 cm³/mol. The fraction of sp³-hybridized carbons (Fsp3) is 0.455. The fourth-order valence-electron chi connectivity index (χ4n) is 2.30. The Labute approximate surface area is 135 Å². The van der Waals surface area contributed by atoms with E-state index in [9.17, 15) is 23.5 Å². The zero-order valence-corrected chi connectivity index (χ0v) is 11.6. The molecule has 2 bridgehead atoms. The Morgan fingerprint density at radius 2 is 2.23 bits per heavy atom. The molecule has 0 N–H and O–H groups in total. The van der Waals surface area contributed by atoms with Gasteiger partial charge in [0.05, 0.1) is 12.6 Å². The third-order valence-corrected chi connectivity index (χ3v) is 3.28. The Morgan fingerprint density at radius 3 is 2.82 bits per heavy atom. The monoisotopic (exact) mass is 309 g/mol. The van der Waals surface area contributed by atoms with Crippen LogP contribution in [0.1, 0.15) is 0 Å². The van der Waals surface area contributed by atoms with E-state index in [4.69, 9.17) is 4.74 Å². The third-order valence-electron chi connectivity index (χ3n) is 3.28. The van der Waals surface area contributed by atoms with Crippen LogP contribution < -0.4 is 24.0 Å². The average Bonchev–Trinajstić information content (AvgIpc) is 3.03. The van der Waals surface area contributed by atoms with Gasteiger partial charge < -0.3 is 24.4 Å². The van der Waals surface area contributed by atoms with Gasteiger partial charge >= 0.3 is 31.0 Å². The topological polar surface area (TPSA) is 85.4 Å². The van der Waals surface area contributed by atoms with Gasteiger partial charge in [0.15, 0.2) is 6.73 Å². The van der Waals surface area contributed by atoms with Crippen LogP contribution in [0.25, 0.3) is 0 Å². The molecular weight excluding hydrogens is 299 g/mol. The number of nitrogens with zero attached hydrogens (tertiary/aromatic N) is 3. The molecule has 11 heteroatoms. The summed E-state index contributed by atoms with van der Waals surface area (Å²) in [6.45, 7) is 0.598. The first kappa shape index (κ1) is 16.6. The van der Waals surface area contributed by atoms with Gasteiger partial charge in [0.25, 0.3) is 0 Å². The molecule has 3 aliphatic heterocycles. The predicted octanol–water partition coefficient (Wildman–Crippen LogP) is -3.97. The molecule has 0 spiro atoms. The summed E-state index contributed by atoms with van der Waals surface area (Å²) >= 11 is 0. The molecule has 3 rings (SSSR count). The standard InChI is InChI=1S/C11H11F2N3O5.Li/c12-11(13,9(17)18)21-16-8-3-7(14-1-2-20-6-14)4-15(5-8)10(16)19;/h1-3,8H,4-6H2,(H,17,18);/q;+1/p-1. The molecule has 1 fully saturated rings. The number of carboxylic acids is 1. The van der Waals surface area contributed by atoms with Gasteiger partial charge in [0.2, 0.25) is 0 Å². The molecule has 114 valence electrons. The molecule has 1 unspecified atom stereocenters. The molecule has 8 nitrogen and oxygen atoms in total. The molecule has 3 aliphatic rings. The maximum atomic E-state index is 13.1. The largest absolute Gasteiger partial charge is 1.00 e. The number of amides is 2. The number of fused-ring (bicyclic) bond motifs is 2. The van der Waals surface area contributed by atoms with Crippen molar-refractivity contribution in [2.24, 2.45) is 0 Å². The van der Waals surface area contributed by atoms with Crippen molar-refractivity contribution in [3.63, 3.8) is 0 Å². The molecule has 1 saturated heterocycles. The number of rotatable bonds is 4. The number of hydrogen-bond acceptors (Lipinski definition) is 6. The van der Waals surface area contributed by atoms with Crippen LogP contribution in [-0.2, 0) is 14.4 Å². The van der Waals surface area contributed by atoms with Crippen LogP contribution in [0, 0.1) is 0 Å². The Balaban J connectivity index is 0.00000176. The Morgan fingerprint density at radius 1 is 1.50 bits per heavy atom. The van der Waals surface area contributed by atoms with E-state index in [1.165, 1.54) is 11.2 Å². The molecule has 0 aliphatic carbocycles. The summed E-state index contributed by atoms with van der Waals surface area (Å²) in [4.78, 5) is 29.2. The van der Waals surface area contributed by atoms with E-state index in [0.29, 0.717) is 10.8 Å². The summed E-state index contributed by atoms with van der Waals surface area (Å²) in [7, 11) is 0. The van der Waals surface area contributed by atoms with Gasteiger partial charge in [-0.15, -0.1) is 0 Å². The van der Waals surface area contributed by atoms with Gasteiger partial charge in [-0.3, -0.25) is 0 Å². The van der Waals surface area contributed by atoms with E-state index >= 15 is 0 Å². The third kappa shape index (κ3) is 2.77. The molecule has 22 heavy (non-hydrogen) atoms. The fourth-order valence-corrected chi connectivity index (χ4v) is 2.30. The number of urea groups is 1. The van der Waals surface area contributed by atoms with Crippen LogP contribution in [0.5, 0.6) is 0 Å². The maximum absolute atomic E-state index is 13.1. The number of carbonyl (C=O) groups is 2. The van der Waals surface area contributed by atoms with Crippen molar-refractivity contribution >= 4 is 12.0 Å². The molecule has 0 radical (unpaired) electrons. The van der Waals surface area contributed by atoms with Gasteiger partial charge in [-0.2, -0.15) is 18.7 Å². The molecule has 2 amide bonds. The average molecular weight is 309 g/mol. The smallest absolute Gasteiger partial charge is 0.542 e. The second-order valence-electron chi connectivity index (χ2n) is 4.66. The number of hydrogen-bond donors (Lipinski definition) is 0. The Bertz CT molecular complexity index is 556. The van der Waals surface area contributed by atoms with Crippen LogP contribution in [0.15, 0.2) is 24.2 Å². The summed E-state index contributed by atoms with van der Waals surface area (Å²) in [5.74, 6) is -2.70. The van der Waals surface area contributed by atoms with Gasteiger partial charge in [-0.1, -0.05) is 0 Å². The number of ether oxygens (including phenoxy) is 1. The molecule has 0 aromatic carbocycles. The zero-order valence-electron chi connectivity index (χ0n) is 11.6. The number of alkyl halides is 2. The van der Waals surface area contributed by atoms with Crippen LogP contribution in [0.2, 0.25) is 0 Å². The molecule has 3 heterocycles. The van der Waals surface area contributed by atoms with Crippen molar-refractivity contribution in [1.29, 1.82) is 0 Å². The van der Waals surface area contributed by atoms with E-state index in [2.05, 4.69) is 4.84 Å². The first-order chi connectivity index (χ1) is 9.88. The van der Waals surface area contributed by atoms with E-state index in [-0.39, 0.29) is 38.7 Å². The minimum absolute atomic E-state index is 0. The minimum Gasteiger partial charge on any atom is -0.542 e. The molecule has 0 aromatic heterocycles. The molecular formula is C11H10F2LiN3O5. The molecule has 1 atom stereocenters. The number of hydroxylamine groups is 2. The quantitative estimate of drug-likeness (QED) is 0.493. The summed E-state index contributed by atoms with van der Waals surface area (Å²) in [5, 5.41) is 10.7.